The van der Waals surface area contributed by atoms with E-state index in [1.54, 1.807) is 0 Å². The van der Waals surface area contributed by atoms with Gasteiger partial charge in [0.1, 0.15) is 0 Å². The maximum atomic E-state index is 3.87. The summed E-state index contributed by atoms with van der Waals surface area (Å²) < 4.78 is 0. The van der Waals surface area contributed by atoms with Gasteiger partial charge in [0, 0.05) is 0 Å². The Morgan fingerprint density at radius 1 is 0.893 bits per heavy atom. The van der Waals surface area contributed by atoms with Gasteiger partial charge in [-0.2, -0.15) is 0 Å². The summed E-state index contributed by atoms with van der Waals surface area (Å²) in [5.74, 6) is 7.62. The van der Waals surface area contributed by atoms with Crippen LogP contribution >= 0.6 is 0 Å². The van der Waals surface area contributed by atoms with Crippen LogP contribution in [-0.2, 0) is 0 Å². The molecule has 166 valence electrons. The summed E-state index contributed by atoms with van der Waals surface area (Å²) in [4.78, 5) is 0. The molecular weight excluding hydrogens is 338 g/mol. The average molecular weight is 392 g/mol. The Morgan fingerprint density at radius 2 is 1.64 bits per heavy atom. The van der Waals surface area contributed by atoms with E-state index in [1.165, 1.54) is 83.7 Å². The quantitative estimate of drug-likeness (QED) is 0.279. The average Bonchev–Trinajstić information content (AvgIpc) is 3.45. The van der Waals surface area contributed by atoms with E-state index < -0.39 is 0 Å². The van der Waals surface area contributed by atoms with Crippen LogP contribution in [0.5, 0.6) is 0 Å². The summed E-state index contributed by atoms with van der Waals surface area (Å²) in [6, 6.07) is 0. The van der Waals surface area contributed by atoms with Crippen molar-refractivity contribution in [2.45, 2.75) is 112 Å². The number of nitrogens with one attached hydrogen (secondary N) is 1. The van der Waals surface area contributed by atoms with Crippen LogP contribution in [0.15, 0.2) is 0 Å². The Morgan fingerprint density at radius 3 is 2.25 bits per heavy atom. The number of unbranched alkanes of at least 4 members (excludes halogenated alkanes) is 2. The largest absolute Gasteiger partial charge is 0.316 e. The molecule has 0 aromatic heterocycles. The summed E-state index contributed by atoms with van der Waals surface area (Å²) >= 11 is 0. The molecule has 0 radical (unpaired) electrons. The molecule has 1 N–H and O–H groups in total. The van der Waals surface area contributed by atoms with E-state index in [4.69, 9.17) is 0 Å². The van der Waals surface area contributed by atoms with Crippen LogP contribution in [0.3, 0.4) is 0 Å². The topological polar surface area (TPSA) is 12.0 Å². The lowest BCUT2D eigenvalue weighted by Gasteiger charge is -2.31. The smallest absolute Gasteiger partial charge is 0.00153 e. The van der Waals surface area contributed by atoms with Gasteiger partial charge in [-0.05, 0) is 92.5 Å². The summed E-state index contributed by atoms with van der Waals surface area (Å²) in [7, 11) is 0. The van der Waals surface area contributed by atoms with E-state index in [9.17, 15) is 0 Å². The van der Waals surface area contributed by atoms with Crippen molar-refractivity contribution in [1.29, 1.82) is 0 Å². The Kier molecular flexibility index (Phi) is 10.9. The van der Waals surface area contributed by atoms with E-state index in [-0.39, 0.29) is 0 Å². The fraction of sp³-hybridized carbons (Fsp3) is 1.00. The van der Waals surface area contributed by atoms with Crippen LogP contribution < -0.4 is 5.32 Å². The first-order valence-corrected chi connectivity index (χ1v) is 13.2. The van der Waals surface area contributed by atoms with Gasteiger partial charge in [0.25, 0.3) is 0 Å². The molecule has 0 aliphatic heterocycles. The predicted octanol–water partition coefficient (Wildman–Crippen LogP) is 7.94. The second-order valence-corrected chi connectivity index (χ2v) is 11.1. The van der Waals surface area contributed by atoms with E-state index in [0.717, 1.165) is 47.3 Å². The first kappa shape index (κ1) is 24.2. The highest BCUT2D eigenvalue weighted by Crippen LogP contribution is 2.47. The first-order valence-electron chi connectivity index (χ1n) is 13.2. The minimum absolute atomic E-state index is 0.810. The molecule has 0 aromatic carbocycles. The van der Waals surface area contributed by atoms with Crippen molar-refractivity contribution in [3.8, 4) is 0 Å². The third kappa shape index (κ3) is 7.66. The van der Waals surface area contributed by atoms with Gasteiger partial charge in [0.15, 0.2) is 0 Å². The fourth-order valence-corrected chi connectivity index (χ4v) is 6.40. The highest BCUT2D eigenvalue weighted by atomic mass is 14.9. The van der Waals surface area contributed by atoms with Crippen molar-refractivity contribution in [3.63, 3.8) is 0 Å². The van der Waals surface area contributed by atoms with Gasteiger partial charge in [-0.15, -0.1) is 0 Å². The second kappa shape index (κ2) is 12.6. The third-order valence-electron chi connectivity index (χ3n) is 8.56. The molecule has 1 nitrogen and oxygen atoms in total. The summed E-state index contributed by atoms with van der Waals surface area (Å²) in [6.45, 7) is 17.2. The molecular formula is C27H53N. The molecule has 28 heavy (non-hydrogen) atoms. The van der Waals surface area contributed by atoms with E-state index >= 15 is 0 Å². The van der Waals surface area contributed by atoms with E-state index in [0.29, 0.717) is 0 Å². The van der Waals surface area contributed by atoms with Crippen LogP contribution in [0.2, 0.25) is 0 Å². The number of rotatable bonds is 15. The van der Waals surface area contributed by atoms with Crippen molar-refractivity contribution in [2.24, 2.45) is 47.3 Å². The van der Waals surface area contributed by atoms with Crippen LogP contribution in [0.1, 0.15) is 112 Å². The monoisotopic (exact) mass is 391 g/mol. The molecule has 6 atom stereocenters. The van der Waals surface area contributed by atoms with Crippen LogP contribution in [0.25, 0.3) is 0 Å². The summed E-state index contributed by atoms with van der Waals surface area (Å²) in [6.07, 6.45) is 15.9. The van der Waals surface area contributed by atoms with Gasteiger partial charge in [-0.3, -0.25) is 0 Å². The number of hydrogen-bond acceptors (Lipinski definition) is 1. The number of hydrogen-bond donors (Lipinski definition) is 1. The maximum absolute atomic E-state index is 3.87. The lowest BCUT2D eigenvalue weighted by molar-refractivity contribution is 0.199. The predicted molar refractivity (Wildman–Crippen MR) is 126 cm³/mol. The standard InChI is InChI=1S/C27H53N/c1-7-12-23(8-2)25-17-22(6)26(18-25)27(20(3)4)19-28-16-11-9-10-13-21(5)24-14-15-24/h20-28H,7-19H2,1-6H3. The Balaban J connectivity index is 1.67. The Bertz CT molecular complexity index is 399. The Labute approximate surface area is 178 Å². The van der Waals surface area contributed by atoms with Crippen molar-refractivity contribution >= 4 is 0 Å². The summed E-state index contributed by atoms with van der Waals surface area (Å²) in [5, 5.41) is 3.87. The molecule has 0 bridgehead atoms. The SMILES string of the molecule is CCCC(CC)C1CC(C)C(C(CNCCCCCC(C)C2CC2)C(C)C)C1. The maximum Gasteiger partial charge on any atom is -0.00153 e. The first-order chi connectivity index (χ1) is 13.5. The minimum Gasteiger partial charge on any atom is -0.316 e. The molecule has 0 spiro atoms. The molecule has 2 aliphatic carbocycles. The zero-order valence-corrected chi connectivity index (χ0v) is 20.3. The molecule has 0 amide bonds. The normalized spacial score (nSPS) is 28.6. The molecule has 1 heteroatoms. The zero-order chi connectivity index (χ0) is 20.5. The van der Waals surface area contributed by atoms with Gasteiger partial charge >= 0.3 is 0 Å². The van der Waals surface area contributed by atoms with E-state index in [2.05, 4.69) is 46.9 Å². The molecule has 6 unspecified atom stereocenters. The van der Waals surface area contributed by atoms with Crippen molar-refractivity contribution in [3.05, 3.63) is 0 Å². The van der Waals surface area contributed by atoms with Crippen LogP contribution in [0, 0.1) is 47.3 Å². The highest BCUT2D eigenvalue weighted by Gasteiger charge is 2.39. The molecule has 2 fully saturated rings. The van der Waals surface area contributed by atoms with Crippen molar-refractivity contribution < 1.29 is 0 Å². The van der Waals surface area contributed by atoms with Gasteiger partial charge in [0.2, 0.25) is 0 Å². The van der Waals surface area contributed by atoms with Gasteiger partial charge in [0.05, 0.1) is 0 Å². The Hall–Kier alpha value is -0.0400. The van der Waals surface area contributed by atoms with Crippen LogP contribution in [0.4, 0.5) is 0 Å². The lowest BCUT2D eigenvalue weighted by Crippen LogP contribution is -2.33. The minimum atomic E-state index is 0.810. The van der Waals surface area contributed by atoms with Gasteiger partial charge in [-0.25, -0.2) is 0 Å². The molecule has 2 aliphatic rings. The molecule has 2 saturated carbocycles. The van der Waals surface area contributed by atoms with Gasteiger partial charge < -0.3 is 5.32 Å². The zero-order valence-electron chi connectivity index (χ0n) is 20.3. The second-order valence-electron chi connectivity index (χ2n) is 11.1. The highest BCUT2D eigenvalue weighted by molar-refractivity contribution is 4.89. The molecule has 2 rings (SSSR count). The fourth-order valence-electron chi connectivity index (χ4n) is 6.40. The summed E-state index contributed by atoms with van der Waals surface area (Å²) in [5.41, 5.74) is 0. The van der Waals surface area contributed by atoms with Crippen molar-refractivity contribution in [1.82, 2.24) is 5.32 Å². The lowest BCUT2D eigenvalue weighted by atomic mass is 9.77. The molecule has 0 saturated heterocycles. The molecule has 0 heterocycles. The van der Waals surface area contributed by atoms with E-state index in [1.807, 2.05) is 0 Å². The third-order valence-corrected chi connectivity index (χ3v) is 8.56. The molecule has 0 aromatic rings. The van der Waals surface area contributed by atoms with Gasteiger partial charge in [-0.1, -0.05) is 80.1 Å². The van der Waals surface area contributed by atoms with Crippen molar-refractivity contribution in [2.75, 3.05) is 13.1 Å². The van der Waals surface area contributed by atoms with Crippen LogP contribution in [-0.4, -0.2) is 13.1 Å².